The van der Waals surface area contributed by atoms with Gasteiger partial charge in [0.1, 0.15) is 0 Å². The molecule has 19 heavy (non-hydrogen) atoms. The molecular weight excluding hydrogens is 258 g/mol. The Morgan fingerprint density at radius 1 is 1.37 bits per heavy atom. The van der Waals surface area contributed by atoms with Gasteiger partial charge < -0.3 is 4.90 Å². The summed E-state index contributed by atoms with van der Waals surface area (Å²) < 4.78 is 39.2. The van der Waals surface area contributed by atoms with Crippen molar-refractivity contribution in [3.05, 3.63) is 29.8 Å². The van der Waals surface area contributed by atoms with E-state index in [0.29, 0.717) is 30.3 Å². The summed E-state index contributed by atoms with van der Waals surface area (Å²) in [7, 11) is -3.17. The summed E-state index contributed by atoms with van der Waals surface area (Å²) in [4.78, 5) is 2.26. The summed E-state index contributed by atoms with van der Waals surface area (Å²) in [5, 5.41) is 0. The molecule has 1 heterocycles. The molecule has 0 unspecified atom stereocenters. The number of sulfone groups is 1. The first-order chi connectivity index (χ1) is 9.74. The molecule has 0 radical (unpaired) electrons. The first-order valence-electron chi connectivity index (χ1n) is 7.79. The van der Waals surface area contributed by atoms with Crippen molar-refractivity contribution in [2.24, 2.45) is 0 Å². The molecule has 1 aromatic rings. The summed E-state index contributed by atoms with van der Waals surface area (Å²) >= 11 is 0. The maximum Gasteiger partial charge on any atom is 0.175 e. The highest BCUT2D eigenvalue weighted by molar-refractivity contribution is 7.90. The topological polar surface area (TPSA) is 37.4 Å². The van der Waals surface area contributed by atoms with Crippen LogP contribution in [-0.2, 0) is 9.84 Å². The van der Waals surface area contributed by atoms with Crippen LogP contribution in [0.1, 0.15) is 40.4 Å². The van der Waals surface area contributed by atoms with E-state index in [1.807, 2.05) is 17.9 Å². The van der Waals surface area contributed by atoms with Gasteiger partial charge in [-0.25, -0.2) is 8.42 Å². The quantitative estimate of drug-likeness (QED) is 0.852. The van der Waals surface area contributed by atoms with Gasteiger partial charge in [-0.05, 0) is 62.5 Å². The van der Waals surface area contributed by atoms with Crippen molar-refractivity contribution >= 4 is 9.84 Å². The van der Waals surface area contributed by atoms with Crippen LogP contribution in [0.25, 0.3) is 0 Å². The molecule has 0 atom stereocenters. The van der Waals surface area contributed by atoms with E-state index >= 15 is 0 Å². The van der Waals surface area contributed by atoms with Crippen LogP contribution in [0.5, 0.6) is 0 Å². The lowest BCUT2D eigenvalue weighted by Gasteiger charge is -2.32. The first-order valence-corrected chi connectivity index (χ1v) is 8.68. The molecule has 0 bridgehead atoms. The Labute approximate surface area is 119 Å². The predicted octanol–water partition coefficient (Wildman–Crippen LogP) is 2.68. The minimum atomic E-state index is -3.17. The third-order valence-electron chi connectivity index (χ3n) is 3.63. The van der Waals surface area contributed by atoms with Crippen molar-refractivity contribution in [3.8, 4) is 0 Å². The molecule has 0 aliphatic carbocycles. The highest BCUT2D eigenvalue weighted by atomic mass is 32.2. The fourth-order valence-electron chi connectivity index (χ4n) is 2.59. The van der Waals surface area contributed by atoms with Crippen molar-refractivity contribution in [3.63, 3.8) is 0 Å². The van der Waals surface area contributed by atoms with Crippen molar-refractivity contribution in [2.75, 3.05) is 25.8 Å². The zero-order valence-electron chi connectivity index (χ0n) is 13.6. The second-order valence-corrected chi connectivity index (χ2v) is 7.13. The van der Waals surface area contributed by atoms with Gasteiger partial charge in [0.05, 0.1) is 4.90 Å². The van der Waals surface area contributed by atoms with E-state index in [-0.39, 0.29) is 0 Å². The molecule has 106 valence electrons. The summed E-state index contributed by atoms with van der Waals surface area (Å²) in [5.41, 5.74) is 1.05. The van der Waals surface area contributed by atoms with Crippen LogP contribution < -0.4 is 0 Å². The third kappa shape index (κ3) is 3.80. The summed E-state index contributed by atoms with van der Waals surface area (Å²) in [5.74, 6) is 0.315. The van der Waals surface area contributed by atoms with E-state index < -0.39 is 16.3 Å². The van der Waals surface area contributed by atoms with Crippen LogP contribution in [0.15, 0.2) is 29.2 Å². The molecule has 1 aromatic carbocycles. The molecule has 0 saturated carbocycles. The molecule has 1 fully saturated rings. The van der Waals surface area contributed by atoms with Gasteiger partial charge in [0.25, 0.3) is 0 Å². The zero-order chi connectivity index (χ0) is 15.7. The first kappa shape index (κ1) is 11.9. The number of nitrogens with zero attached hydrogens (tertiary/aromatic N) is 1. The van der Waals surface area contributed by atoms with Crippen molar-refractivity contribution < 1.29 is 11.2 Å². The smallest absolute Gasteiger partial charge is 0.175 e. The Bertz CT molecular complexity index is 593. The standard InChI is InChI=1S/C15H23NO2S/c1-3-9-16-10-7-13(8-11-16)14-5-4-6-15(12-14)19(2,17)18/h4-6,12-13H,3,7-11H2,1-2H3/i9D2. The monoisotopic (exact) mass is 283 g/mol. The Kier molecular flexibility index (Phi) is 3.80. The Morgan fingerprint density at radius 3 is 2.63 bits per heavy atom. The zero-order valence-corrected chi connectivity index (χ0v) is 12.4. The second kappa shape index (κ2) is 6.06. The van der Waals surface area contributed by atoms with Gasteiger partial charge in [-0.1, -0.05) is 19.1 Å². The summed E-state index contributed by atoms with van der Waals surface area (Å²) in [6.45, 7) is 2.06. The van der Waals surface area contributed by atoms with Gasteiger partial charge in [-0.2, -0.15) is 0 Å². The fraction of sp³-hybridized carbons (Fsp3) is 0.600. The number of benzene rings is 1. The molecule has 0 aromatic heterocycles. The number of likely N-dealkylation sites (tertiary alicyclic amines) is 1. The number of rotatable bonds is 4. The molecule has 1 aliphatic rings. The van der Waals surface area contributed by atoms with Gasteiger partial charge in [0, 0.05) is 9.00 Å². The summed E-state index contributed by atoms with van der Waals surface area (Å²) in [6, 6.07) is 7.17. The predicted molar refractivity (Wildman–Crippen MR) is 78.3 cm³/mol. The molecule has 0 spiro atoms. The van der Waals surface area contributed by atoms with E-state index in [2.05, 4.69) is 0 Å². The number of piperidine rings is 1. The Balaban J connectivity index is 2.10. The highest BCUT2D eigenvalue weighted by Gasteiger charge is 2.20. The van der Waals surface area contributed by atoms with Crippen LogP contribution in [0.4, 0.5) is 0 Å². The van der Waals surface area contributed by atoms with E-state index in [1.54, 1.807) is 18.2 Å². The van der Waals surface area contributed by atoms with Gasteiger partial charge in [0.15, 0.2) is 9.84 Å². The lowest BCUT2D eigenvalue weighted by atomic mass is 9.89. The Hall–Kier alpha value is -0.870. The molecule has 1 aliphatic heterocycles. The van der Waals surface area contributed by atoms with Crippen LogP contribution in [0.3, 0.4) is 0 Å². The largest absolute Gasteiger partial charge is 0.303 e. The molecule has 2 rings (SSSR count). The van der Waals surface area contributed by atoms with Gasteiger partial charge in [0.2, 0.25) is 0 Å². The highest BCUT2D eigenvalue weighted by Crippen LogP contribution is 2.29. The lowest BCUT2D eigenvalue weighted by molar-refractivity contribution is 0.212. The molecule has 0 N–H and O–H groups in total. The van der Waals surface area contributed by atoms with Crippen LogP contribution in [-0.4, -0.2) is 39.2 Å². The maximum atomic E-state index is 11.6. The molecule has 1 saturated heterocycles. The van der Waals surface area contributed by atoms with Crippen LogP contribution in [0.2, 0.25) is 0 Å². The average Bonchev–Trinajstić information content (AvgIpc) is 2.47. The molecule has 4 heteroatoms. The van der Waals surface area contributed by atoms with E-state index in [4.69, 9.17) is 2.74 Å². The van der Waals surface area contributed by atoms with Gasteiger partial charge in [-0.15, -0.1) is 0 Å². The van der Waals surface area contributed by atoms with E-state index in [1.165, 1.54) is 6.26 Å². The minimum Gasteiger partial charge on any atom is -0.303 e. The molecule has 3 nitrogen and oxygen atoms in total. The van der Waals surface area contributed by atoms with Crippen molar-refractivity contribution in [1.82, 2.24) is 4.90 Å². The molecular formula is C15H23NO2S. The SMILES string of the molecule is [2H]C([2H])(CC)N1CCC(c2cccc(S(C)(=O)=O)c2)CC1. The van der Waals surface area contributed by atoms with Crippen LogP contribution >= 0.6 is 0 Å². The van der Waals surface area contributed by atoms with E-state index in [0.717, 1.165) is 18.4 Å². The minimum absolute atomic E-state index is 0.315. The van der Waals surface area contributed by atoms with Crippen molar-refractivity contribution in [2.45, 2.75) is 37.0 Å². The van der Waals surface area contributed by atoms with Crippen molar-refractivity contribution in [1.29, 1.82) is 0 Å². The van der Waals surface area contributed by atoms with Gasteiger partial charge >= 0.3 is 0 Å². The van der Waals surface area contributed by atoms with E-state index in [9.17, 15) is 8.42 Å². The second-order valence-electron chi connectivity index (χ2n) is 5.12. The third-order valence-corrected chi connectivity index (χ3v) is 4.74. The number of hydrogen-bond donors (Lipinski definition) is 0. The maximum absolute atomic E-state index is 11.6. The lowest BCUT2D eigenvalue weighted by Crippen LogP contribution is -2.33. The van der Waals surface area contributed by atoms with Gasteiger partial charge in [-0.3, -0.25) is 0 Å². The summed E-state index contributed by atoms with van der Waals surface area (Å²) in [6.07, 6.45) is 3.45. The fourth-order valence-corrected chi connectivity index (χ4v) is 3.27. The number of hydrogen-bond acceptors (Lipinski definition) is 3. The van der Waals surface area contributed by atoms with Crippen LogP contribution in [0, 0.1) is 0 Å². The normalized spacial score (nSPS) is 20.9. The Morgan fingerprint density at radius 2 is 2.05 bits per heavy atom. The molecule has 0 amide bonds. The average molecular weight is 283 g/mol.